The smallest absolute Gasteiger partial charge is 0.325 e. The van der Waals surface area contributed by atoms with Crippen molar-refractivity contribution in [1.82, 2.24) is 10.6 Å². The summed E-state index contributed by atoms with van der Waals surface area (Å²) >= 11 is 1.14. The Kier molecular flexibility index (Phi) is 6.86. The molecule has 1 aliphatic heterocycles. The Morgan fingerprint density at radius 1 is 1.43 bits per heavy atom. The predicted molar refractivity (Wildman–Crippen MR) is 80.0 cm³/mol. The van der Waals surface area contributed by atoms with Gasteiger partial charge in [-0.2, -0.15) is 5.10 Å². The standard InChI is InChI=1S/C12H18N4O4S/c1-4-20-10(18)6-13-9(17)5-8-11(19)14-12(21-8)16-15-7(2)3/h8H,4-6H2,1-3H3,(H,13,17)(H,14,16,19). The highest BCUT2D eigenvalue weighted by Gasteiger charge is 2.32. The molecule has 0 aromatic carbocycles. The van der Waals surface area contributed by atoms with E-state index >= 15 is 0 Å². The van der Waals surface area contributed by atoms with Crippen LogP contribution >= 0.6 is 11.8 Å². The third-order valence-electron chi connectivity index (χ3n) is 2.22. The van der Waals surface area contributed by atoms with Gasteiger partial charge in [0.2, 0.25) is 11.8 Å². The monoisotopic (exact) mass is 314 g/mol. The lowest BCUT2D eigenvalue weighted by molar-refractivity contribution is -0.143. The minimum atomic E-state index is -0.571. The van der Waals surface area contributed by atoms with E-state index in [0.717, 1.165) is 17.5 Å². The summed E-state index contributed by atoms with van der Waals surface area (Å²) in [5.74, 6) is -1.20. The Labute approximate surface area is 126 Å². The van der Waals surface area contributed by atoms with Crippen LogP contribution in [0, 0.1) is 0 Å². The lowest BCUT2D eigenvalue weighted by Gasteiger charge is -2.06. The zero-order valence-corrected chi connectivity index (χ0v) is 13.0. The molecular weight excluding hydrogens is 296 g/mol. The Hall–Kier alpha value is -1.90. The quantitative estimate of drug-likeness (QED) is 0.409. The number of nitrogens with one attached hydrogen (secondary N) is 2. The van der Waals surface area contributed by atoms with Crippen molar-refractivity contribution < 1.29 is 19.1 Å². The van der Waals surface area contributed by atoms with Crippen LogP contribution in [0.1, 0.15) is 27.2 Å². The average Bonchev–Trinajstić information content (AvgIpc) is 2.75. The molecule has 0 radical (unpaired) electrons. The van der Waals surface area contributed by atoms with Crippen LogP contribution in [-0.4, -0.2) is 47.1 Å². The van der Waals surface area contributed by atoms with Crippen LogP contribution in [0.5, 0.6) is 0 Å². The summed E-state index contributed by atoms with van der Waals surface area (Å²) in [7, 11) is 0. The van der Waals surface area contributed by atoms with Gasteiger partial charge >= 0.3 is 5.97 Å². The van der Waals surface area contributed by atoms with E-state index < -0.39 is 17.1 Å². The fourth-order valence-corrected chi connectivity index (χ4v) is 2.27. The second-order valence-corrected chi connectivity index (χ2v) is 5.53. The highest BCUT2D eigenvalue weighted by atomic mass is 32.2. The minimum Gasteiger partial charge on any atom is -0.465 e. The molecule has 0 bridgehead atoms. The SMILES string of the molecule is CCOC(=O)CNC(=O)CC1S/C(=N/N=C(C)C)NC1=O. The maximum Gasteiger partial charge on any atom is 0.325 e. The van der Waals surface area contributed by atoms with Crippen molar-refractivity contribution in [3.05, 3.63) is 0 Å². The third kappa shape index (κ3) is 6.39. The lowest BCUT2D eigenvalue weighted by Crippen LogP contribution is -2.34. The average molecular weight is 314 g/mol. The van der Waals surface area contributed by atoms with E-state index in [1.165, 1.54) is 0 Å². The van der Waals surface area contributed by atoms with E-state index in [-0.39, 0.29) is 25.5 Å². The highest BCUT2D eigenvalue weighted by Crippen LogP contribution is 2.22. The van der Waals surface area contributed by atoms with Crippen molar-refractivity contribution in [2.24, 2.45) is 10.2 Å². The first-order chi connectivity index (χ1) is 9.92. The number of esters is 1. The van der Waals surface area contributed by atoms with Crippen molar-refractivity contribution in [3.63, 3.8) is 0 Å². The first kappa shape index (κ1) is 17.2. The molecule has 1 heterocycles. The molecule has 1 aliphatic rings. The van der Waals surface area contributed by atoms with Crippen LogP contribution in [-0.2, 0) is 19.1 Å². The number of carbonyl (C=O) groups is 3. The van der Waals surface area contributed by atoms with Crippen LogP contribution in [0.4, 0.5) is 0 Å². The van der Waals surface area contributed by atoms with E-state index in [2.05, 4.69) is 25.6 Å². The number of amidine groups is 1. The van der Waals surface area contributed by atoms with E-state index in [1.54, 1.807) is 20.8 Å². The van der Waals surface area contributed by atoms with Crippen molar-refractivity contribution in [2.75, 3.05) is 13.2 Å². The number of amides is 2. The Balaban J connectivity index is 2.43. The molecular formula is C12H18N4O4S. The topological polar surface area (TPSA) is 109 Å². The summed E-state index contributed by atoms with van der Waals surface area (Å²) in [4.78, 5) is 34.4. The second-order valence-electron chi connectivity index (χ2n) is 4.33. The van der Waals surface area contributed by atoms with Crippen molar-refractivity contribution in [1.29, 1.82) is 0 Å². The number of thioether (sulfide) groups is 1. The number of ether oxygens (including phenoxy) is 1. The van der Waals surface area contributed by atoms with Gasteiger partial charge in [0, 0.05) is 12.1 Å². The largest absolute Gasteiger partial charge is 0.465 e. The first-order valence-electron chi connectivity index (χ1n) is 6.41. The van der Waals surface area contributed by atoms with Gasteiger partial charge in [0.15, 0.2) is 5.17 Å². The minimum absolute atomic E-state index is 0.0379. The van der Waals surface area contributed by atoms with Crippen LogP contribution in [0.15, 0.2) is 10.2 Å². The van der Waals surface area contributed by atoms with E-state index in [1.807, 2.05) is 0 Å². The van der Waals surface area contributed by atoms with Crippen molar-refractivity contribution in [3.8, 4) is 0 Å². The summed E-state index contributed by atoms with van der Waals surface area (Å²) in [5.41, 5.74) is 0.757. The summed E-state index contributed by atoms with van der Waals surface area (Å²) in [5, 5.41) is 12.4. The van der Waals surface area contributed by atoms with Crippen LogP contribution in [0.25, 0.3) is 0 Å². The van der Waals surface area contributed by atoms with E-state index in [0.29, 0.717) is 5.17 Å². The zero-order chi connectivity index (χ0) is 15.8. The van der Waals surface area contributed by atoms with Gasteiger partial charge in [-0.05, 0) is 20.8 Å². The van der Waals surface area contributed by atoms with E-state index in [4.69, 9.17) is 0 Å². The van der Waals surface area contributed by atoms with Crippen LogP contribution in [0.2, 0.25) is 0 Å². The van der Waals surface area contributed by atoms with Gasteiger partial charge in [-0.1, -0.05) is 11.8 Å². The fraction of sp³-hybridized carbons (Fsp3) is 0.583. The molecule has 2 N–H and O–H groups in total. The van der Waals surface area contributed by atoms with Gasteiger partial charge in [0.1, 0.15) is 11.8 Å². The number of rotatable bonds is 6. The zero-order valence-electron chi connectivity index (χ0n) is 12.1. The molecule has 116 valence electrons. The highest BCUT2D eigenvalue weighted by molar-refractivity contribution is 8.15. The summed E-state index contributed by atoms with van der Waals surface area (Å²) in [6, 6.07) is 0. The Bertz CT molecular complexity index is 486. The van der Waals surface area contributed by atoms with Gasteiger partial charge in [0.05, 0.1) is 6.61 Å². The molecule has 0 aromatic heterocycles. The molecule has 1 atom stereocenters. The molecule has 8 nitrogen and oxygen atoms in total. The van der Waals surface area contributed by atoms with Gasteiger partial charge in [-0.3, -0.25) is 14.4 Å². The summed E-state index contributed by atoms with van der Waals surface area (Å²) < 4.78 is 4.68. The number of nitrogens with zero attached hydrogens (tertiary/aromatic N) is 2. The second kappa shape index (κ2) is 8.40. The molecule has 1 fully saturated rings. The number of carbonyl (C=O) groups excluding carboxylic acids is 3. The predicted octanol–water partition coefficient (Wildman–Crippen LogP) is 0.0392. The van der Waals surface area contributed by atoms with Gasteiger partial charge < -0.3 is 15.4 Å². The van der Waals surface area contributed by atoms with Crippen molar-refractivity contribution in [2.45, 2.75) is 32.4 Å². The van der Waals surface area contributed by atoms with E-state index in [9.17, 15) is 14.4 Å². The molecule has 0 saturated carbocycles. The van der Waals surface area contributed by atoms with Crippen LogP contribution in [0.3, 0.4) is 0 Å². The lowest BCUT2D eigenvalue weighted by atomic mass is 10.2. The van der Waals surface area contributed by atoms with Gasteiger partial charge in [-0.25, -0.2) is 0 Å². The summed E-state index contributed by atoms with van der Waals surface area (Å²) in [6.07, 6.45) is -0.0379. The summed E-state index contributed by atoms with van der Waals surface area (Å²) in [6.45, 7) is 5.30. The Morgan fingerprint density at radius 2 is 2.14 bits per heavy atom. The normalized spacial score (nSPS) is 19.1. The molecule has 0 aliphatic carbocycles. The molecule has 1 unspecified atom stereocenters. The Morgan fingerprint density at radius 3 is 2.76 bits per heavy atom. The number of hydrogen-bond donors (Lipinski definition) is 2. The maximum atomic E-state index is 11.7. The maximum absolute atomic E-state index is 11.7. The van der Waals surface area contributed by atoms with Crippen molar-refractivity contribution >= 4 is 40.4 Å². The third-order valence-corrected chi connectivity index (χ3v) is 3.30. The first-order valence-corrected chi connectivity index (χ1v) is 7.29. The molecule has 1 saturated heterocycles. The molecule has 21 heavy (non-hydrogen) atoms. The van der Waals surface area contributed by atoms with Gasteiger partial charge in [0.25, 0.3) is 0 Å². The molecule has 0 aromatic rings. The number of hydrogen-bond acceptors (Lipinski definition) is 7. The molecule has 1 rings (SSSR count). The van der Waals surface area contributed by atoms with Crippen LogP contribution < -0.4 is 10.6 Å². The molecule has 0 spiro atoms. The van der Waals surface area contributed by atoms with Gasteiger partial charge in [-0.15, -0.1) is 5.10 Å². The molecule has 9 heteroatoms. The molecule has 2 amide bonds. The fourth-order valence-electron chi connectivity index (χ4n) is 1.36.